The maximum Gasteiger partial charge on any atom is 2.00 e. The van der Waals surface area contributed by atoms with E-state index in [0.717, 1.165) is 68.7 Å². The van der Waals surface area contributed by atoms with E-state index in [4.69, 9.17) is 14.8 Å². The standard InChI is InChI=1S/C39H33FN4O.Pt/c1-4-5-7-11-28-20-21-41-38(22-28)43-36-19-16-30(40)23-35(36)34-18-17-33(25-37(34)43)45-32-15-10-14-31(24-32)44-27(3)39(26(2)42-44)29-12-8-6-9-13-29;/h6,8-10,12-23H,4-5,7,11H2,1-3H3;/q-2;+2. The zero-order valence-corrected chi connectivity index (χ0v) is 28.2. The number of pyridine rings is 1. The summed E-state index contributed by atoms with van der Waals surface area (Å²) in [5.74, 6) is 1.56. The summed E-state index contributed by atoms with van der Waals surface area (Å²) >= 11 is 0. The average Bonchev–Trinajstić information content (AvgIpc) is 3.54. The van der Waals surface area contributed by atoms with E-state index in [1.807, 2.05) is 70.9 Å². The smallest absolute Gasteiger partial charge is 0.509 e. The number of fused-ring (bicyclic) bond motifs is 3. The second kappa shape index (κ2) is 13.4. The maximum absolute atomic E-state index is 14.4. The molecule has 0 aliphatic rings. The molecule has 3 heterocycles. The molecule has 4 aromatic carbocycles. The fraction of sp³-hybridized carbons (Fsp3) is 0.179. The van der Waals surface area contributed by atoms with Crippen molar-refractivity contribution in [2.24, 2.45) is 0 Å². The molecule has 0 spiro atoms. The average molecular weight is 788 g/mol. The SMILES string of the molecule is CCCCCc1ccnc(-n2c3[c-]c(Oc4[c-]c(-n5nc(C)c(-c6ccccc6)c5C)ccc4)ccc3c3cc(F)ccc32)c1.[Pt+2]. The monoisotopic (exact) mass is 787 g/mol. The van der Waals surface area contributed by atoms with Crippen LogP contribution in [0.2, 0.25) is 0 Å². The molecule has 5 nitrogen and oxygen atoms in total. The molecule has 0 saturated carbocycles. The molecule has 0 saturated heterocycles. The molecule has 3 aromatic heterocycles. The molecule has 0 bridgehead atoms. The molecule has 46 heavy (non-hydrogen) atoms. The number of benzene rings is 4. The van der Waals surface area contributed by atoms with E-state index in [9.17, 15) is 4.39 Å². The summed E-state index contributed by atoms with van der Waals surface area (Å²) in [4.78, 5) is 4.72. The Balaban J connectivity index is 0.00000372. The fourth-order valence-electron chi connectivity index (χ4n) is 6.15. The molecular formula is C39H33FN4OPt. The summed E-state index contributed by atoms with van der Waals surface area (Å²) in [6.07, 6.45) is 6.32. The minimum Gasteiger partial charge on any atom is -0.509 e. The first-order chi connectivity index (χ1) is 22.0. The molecule has 7 aromatic rings. The predicted molar refractivity (Wildman–Crippen MR) is 178 cm³/mol. The van der Waals surface area contributed by atoms with Crippen LogP contribution < -0.4 is 4.74 Å². The van der Waals surface area contributed by atoms with Crippen LogP contribution in [0.3, 0.4) is 0 Å². The minimum atomic E-state index is -0.283. The molecule has 0 atom stereocenters. The van der Waals surface area contributed by atoms with Crippen molar-refractivity contribution in [1.29, 1.82) is 0 Å². The third-order valence-corrected chi connectivity index (χ3v) is 8.27. The Morgan fingerprint density at radius 3 is 2.48 bits per heavy atom. The topological polar surface area (TPSA) is 44.9 Å². The van der Waals surface area contributed by atoms with Crippen molar-refractivity contribution < 1.29 is 30.2 Å². The molecular weight excluding hydrogens is 755 g/mol. The predicted octanol–water partition coefficient (Wildman–Crippen LogP) is 9.91. The number of nitrogens with zero attached hydrogens (tertiary/aromatic N) is 4. The van der Waals surface area contributed by atoms with Crippen molar-refractivity contribution >= 4 is 21.8 Å². The van der Waals surface area contributed by atoms with Crippen molar-refractivity contribution in [3.8, 4) is 34.1 Å². The molecule has 7 rings (SSSR count). The van der Waals surface area contributed by atoms with Gasteiger partial charge in [0.25, 0.3) is 0 Å². The van der Waals surface area contributed by atoms with E-state index < -0.39 is 0 Å². The Hall–Kier alpha value is -4.54. The van der Waals surface area contributed by atoms with Gasteiger partial charge in [0.2, 0.25) is 0 Å². The zero-order valence-electron chi connectivity index (χ0n) is 26.0. The van der Waals surface area contributed by atoms with Gasteiger partial charge >= 0.3 is 21.1 Å². The molecule has 0 fully saturated rings. The van der Waals surface area contributed by atoms with E-state index >= 15 is 0 Å². The molecule has 0 radical (unpaired) electrons. The number of rotatable bonds is 9. The quantitative estimate of drug-likeness (QED) is 0.108. The van der Waals surface area contributed by atoms with Gasteiger partial charge in [-0.2, -0.15) is 17.2 Å². The Morgan fingerprint density at radius 1 is 0.826 bits per heavy atom. The summed E-state index contributed by atoms with van der Waals surface area (Å²) in [6, 6.07) is 35.8. The number of aromatic nitrogens is 4. The maximum atomic E-state index is 14.4. The van der Waals surface area contributed by atoms with Crippen LogP contribution in [0.1, 0.15) is 43.1 Å². The summed E-state index contributed by atoms with van der Waals surface area (Å²) < 4.78 is 24.7. The first kappa shape index (κ1) is 31.4. The molecule has 0 N–H and O–H groups in total. The van der Waals surface area contributed by atoms with Gasteiger partial charge in [0.05, 0.1) is 5.69 Å². The van der Waals surface area contributed by atoms with Crippen LogP contribution in [0.4, 0.5) is 4.39 Å². The number of ether oxygens (including phenoxy) is 1. The Labute approximate surface area is 282 Å². The third-order valence-electron chi connectivity index (χ3n) is 8.27. The van der Waals surface area contributed by atoms with E-state index in [-0.39, 0.29) is 26.9 Å². The number of hydrogen-bond donors (Lipinski definition) is 0. The Morgan fingerprint density at radius 2 is 1.65 bits per heavy atom. The van der Waals surface area contributed by atoms with Gasteiger partial charge in [0.15, 0.2) is 0 Å². The Bertz CT molecular complexity index is 2150. The van der Waals surface area contributed by atoms with Crippen LogP contribution in [0.5, 0.6) is 11.5 Å². The molecule has 0 aliphatic heterocycles. The van der Waals surface area contributed by atoms with Gasteiger partial charge in [0, 0.05) is 34.5 Å². The van der Waals surface area contributed by atoms with Crippen LogP contribution in [0.25, 0.3) is 44.4 Å². The van der Waals surface area contributed by atoms with Gasteiger partial charge in [-0.05, 0) is 79.2 Å². The number of unbranched alkanes of at least 4 members (excludes halogenated alkanes) is 2. The van der Waals surface area contributed by atoms with Crippen LogP contribution in [0, 0.1) is 31.8 Å². The molecule has 0 aliphatic carbocycles. The Kier molecular flexibility index (Phi) is 9.19. The molecule has 0 amide bonds. The van der Waals surface area contributed by atoms with Crippen molar-refractivity contribution in [3.05, 3.63) is 132 Å². The van der Waals surface area contributed by atoms with Crippen LogP contribution in [-0.2, 0) is 27.5 Å². The van der Waals surface area contributed by atoms with Gasteiger partial charge in [-0.1, -0.05) is 55.6 Å². The molecule has 0 unspecified atom stereocenters. The van der Waals surface area contributed by atoms with Crippen molar-refractivity contribution in [2.75, 3.05) is 0 Å². The van der Waals surface area contributed by atoms with Gasteiger partial charge < -0.3 is 9.30 Å². The number of hydrogen-bond acceptors (Lipinski definition) is 3. The van der Waals surface area contributed by atoms with E-state index in [1.165, 1.54) is 24.5 Å². The van der Waals surface area contributed by atoms with Crippen molar-refractivity contribution in [1.82, 2.24) is 19.3 Å². The molecule has 7 heteroatoms. The van der Waals surface area contributed by atoms with E-state index in [2.05, 4.69) is 50.2 Å². The van der Waals surface area contributed by atoms with E-state index in [0.29, 0.717) is 11.5 Å². The van der Waals surface area contributed by atoms with Crippen LogP contribution >= 0.6 is 0 Å². The van der Waals surface area contributed by atoms with Gasteiger partial charge in [-0.25, -0.2) is 9.37 Å². The first-order valence-electron chi connectivity index (χ1n) is 15.4. The second-order valence-corrected chi connectivity index (χ2v) is 11.4. The fourth-order valence-corrected chi connectivity index (χ4v) is 6.15. The summed E-state index contributed by atoms with van der Waals surface area (Å²) in [6.45, 7) is 6.30. The summed E-state index contributed by atoms with van der Waals surface area (Å²) in [5.41, 5.74) is 7.87. The van der Waals surface area contributed by atoms with Gasteiger partial charge in [-0.15, -0.1) is 35.7 Å². The summed E-state index contributed by atoms with van der Waals surface area (Å²) in [5, 5.41) is 6.52. The van der Waals surface area contributed by atoms with Crippen LogP contribution in [-0.4, -0.2) is 19.3 Å². The van der Waals surface area contributed by atoms with Gasteiger partial charge in [-0.3, -0.25) is 4.68 Å². The number of aryl methyl sites for hydroxylation is 2. The van der Waals surface area contributed by atoms with E-state index in [1.54, 1.807) is 12.1 Å². The second-order valence-electron chi connectivity index (χ2n) is 11.4. The minimum absolute atomic E-state index is 0. The largest absolute Gasteiger partial charge is 2.00 e. The summed E-state index contributed by atoms with van der Waals surface area (Å²) in [7, 11) is 0. The van der Waals surface area contributed by atoms with Crippen LogP contribution in [0.15, 0.2) is 97.2 Å². The number of halogens is 1. The zero-order chi connectivity index (χ0) is 30.9. The van der Waals surface area contributed by atoms with Crippen molar-refractivity contribution in [2.45, 2.75) is 46.5 Å². The van der Waals surface area contributed by atoms with Gasteiger partial charge in [0.1, 0.15) is 11.6 Å². The normalized spacial score (nSPS) is 11.2. The third kappa shape index (κ3) is 6.02. The molecule has 232 valence electrons. The van der Waals surface area contributed by atoms with Crippen molar-refractivity contribution in [3.63, 3.8) is 0 Å². The first-order valence-corrected chi connectivity index (χ1v) is 15.4.